The summed E-state index contributed by atoms with van der Waals surface area (Å²) in [5.41, 5.74) is -0.290. The lowest BCUT2D eigenvalue weighted by molar-refractivity contribution is -0.137. The van der Waals surface area contributed by atoms with Crippen molar-refractivity contribution in [3.8, 4) is 10.6 Å². The summed E-state index contributed by atoms with van der Waals surface area (Å²) in [6.45, 7) is 8.86. The van der Waals surface area contributed by atoms with Gasteiger partial charge in [-0.05, 0) is 26.1 Å². The van der Waals surface area contributed by atoms with Crippen LogP contribution in [0.4, 0.5) is 13.2 Å². The Morgan fingerprint density at radius 1 is 1.15 bits per heavy atom. The molecule has 4 nitrogen and oxygen atoms in total. The first kappa shape index (κ1) is 21.4. The fourth-order valence-corrected chi connectivity index (χ4v) is 3.83. The maximum atomic E-state index is 13.3. The van der Waals surface area contributed by atoms with Gasteiger partial charge in [0.2, 0.25) is 0 Å². The number of hydrogen-bond donors (Lipinski definition) is 0. The number of amides is 1. The van der Waals surface area contributed by atoms with Gasteiger partial charge in [0.05, 0.1) is 11.3 Å². The van der Waals surface area contributed by atoms with Gasteiger partial charge in [-0.25, -0.2) is 4.98 Å². The molecule has 148 valence electrons. The van der Waals surface area contributed by atoms with Crippen molar-refractivity contribution in [3.05, 3.63) is 40.4 Å². The van der Waals surface area contributed by atoms with Crippen LogP contribution in [0.3, 0.4) is 0 Å². The van der Waals surface area contributed by atoms with Crippen molar-refractivity contribution in [2.24, 2.45) is 0 Å². The molecule has 0 unspecified atom stereocenters. The topological polar surface area (TPSA) is 36.4 Å². The zero-order valence-corrected chi connectivity index (χ0v) is 16.7. The number of thiazole rings is 1. The molecule has 2 aromatic rings. The molecule has 0 fully saturated rings. The maximum Gasteiger partial charge on any atom is 0.417 e. The first-order valence-corrected chi connectivity index (χ1v) is 9.62. The van der Waals surface area contributed by atoms with E-state index < -0.39 is 11.7 Å². The number of benzene rings is 1. The third-order valence-electron chi connectivity index (χ3n) is 4.45. The van der Waals surface area contributed by atoms with Crippen LogP contribution >= 0.6 is 11.3 Å². The van der Waals surface area contributed by atoms with E-state index in [9.17, 15) is 18.0 Å². The van der Waals surface area contributed by atoms with Crippen molar-refractivity contribution in [2.45, 2.75) is 26.9 Å². The fraction of sp³-hybridized carbons (Fsp3) is 0.474. The lowest BCUT2D eigenvalue weighted by Gasteiger charge is -2.22. The number of carbonyl (C=O) groups excluding carboxylic acids is 1. The van der Waals surface area contributed by atoms with Gasteiger partial charge in [-0.3, -0.25) is 4.79 Å². The lowest BCUT2D eigenvalue weighted by atomic mass is 10.1. The molecule has 0 aliphatic heterocycles. The number of rotatable bonds is 7. The number of likely N-dealkylation sites (N-methyl/N-ethyl adjacent to an activating group) is 2. The highest BCUT2D eigenvalue weighted by molar-refractivity contribution is 7.17. The van der Waals surface area contributed by atoms with Crippen molar-refractivity contribution in [1.82, 2.24) is 14.8 Å². The molecule has 0 atom stereocenters. The number of halogens is 3. The van der Waals surface area contributed by atoms with Gasteiger partial charge in [-0.1, -0.05) is 32.0 Å². The second-order valence-electron chi connectivity index (χ2n) is 6.23. The highest BCUT2D eigenvalue weighted by Crippen LogP contribution is 2.39. The van der Waals surface area contributed by atoms with Crippen LogP contribution in [0.5, 0.6) is 0 Å². The van der Waals surface area contributed by atoms with Crippen molar-refractivity contribution in [1.29, 1.82) is 0 Å². The molecule has 0 spiro atoms. The average Bonchev–Trinajstić information content (AvgIpc) is 3.02. The van der Waals surface area contributed by atoms with Crippen LogP contribution in [0.15, 0.2) is 24.3 Å². The van der Waals surface area contributed by atoms with Crippen molar-refractivity contribution < 1.29 is 18.0 Å². The Balaban J connectivity index is 2.26. The van der Waals surface area contributed by atoms with E-state index in [1.165, 1.54) is 12.1 Å². The normalized spacial score (nSPS) is 11.9. The molecular formula is C19H24F3N3OS. The van der Waals surface area contributed by atoms with E-state index in [0.29, 0.717) is 17.1 Å². The Morgan fingerprint density at radius 3 is 2.37 bits per heavy atom. The second-order valence-corrected chi connectivity index (χ2v) is 7.23. The molecule has 1 aromatic carbocycles. The van der Waals surface area contributed by atoms with E-state index in [1.807, 2.05) is 0 Å². The van der Waals surface area contributed by atoms with E-state index in [2.05, 4.69) is 23.7 Å². The van der Waals surface area contributed by atoms with Gasteiger partial charge in [-0.15, -0.1) is 11.3 Å². The van der Waals surface area contributed by atoms with Crippen LogP contribution in [0.1, 0.15) is 34.8 Å². The number of carbonyl (C=O) groups is 1. The Kier molecular flexibility index (Phi) is 7.00. The first-order valence-electron chi connectivity index (χ1n) is 8.80. The Labute approximate surface area is 161 Å². The van der Waals surface area contributed by atoms with Gasteiger partial charge in [0, 0.05) is 25.7 Å². The lowest BCUT2D eigenvalue weighted by Crippen LogP contribution is -2.36. The van der Waals surface area contributed by atoms with Crippen molar-refractivity contribution >= 4 is 17.2 Å². The van der Waals surface area contributed by atoms with Crippen LogP contribution in [-0.4, -0.2) is 53.9 Å². The predicted octanol–water partition coefficient (Wildman–Crippen LogP) is 4.55. The van der Waals surface area contributed by atoms with E-state index >= 15 is 0 Å². The molecule has 0 saturated carbocycles. The number of hydrogen-bond acceptors (Lipinski definition) is 4. The third-order valence-corrected chi connectivity index (χ3v) is 5.63. The highest BCUT2D eigenvalue weighted by atomic mass is 32.1. The van der Waals surface area contributed by atoms with Gasteiger partial charge in [0.25, 0.3) is 5.91 Å². The van der Waals surface area contributed by atoms with Gasteiger partial charge in [0.15, 0.2) is 0 Å². The molecule has 0 bridgehead atoms. The summed E-state index contributed by atoms with van der Waals surface area (Å²) in [5.74, 6) is -0.215. The smallest absolute Gasteiger partial charge is 0.340 e. The standard InChI is InChI=1S/C19H24F3N3OS/c1-5-25(6-2)12-11-24(4)18(26)16-13(3)23-17(27-16)14-9-7-8-10-15(14)19(20,21)22/h7-10H,5-6,11-12H2,1-4H3. The SMILES string of the molecule is CCN(CC)CCN(C)C(=O)c1sc(-c2ccccc2C(F)(F)F)nc1C. The van der Waals surface area contributed by atoms with Gasteiger partial charge in [0.1, 0.15) is 9.88 Å². The molecule has 0 saturated heterocycles. The summed E-state index contributed by atoms with van der Waals surface area (Å²) < 4.78 is 39.8. The highest BCUT2D eigenvalue weighted by Gasteiger charge is 2.34. The molecular weight excluding hydrogens is 375 g/mol. The second kappa shape index (κ2) is 8.84. The summed E-state index contributed by atoms with van der Waals surface area (Å²) in [4.78, 5) is 21.2. The summed E-state index contributed by atoms with van der Waals surface area (Å²) in [5, 5.41) is 0.209. The van der Waals surface area contributed by atoms with Crippen molar-refractivity contribution in [3.63, 3.8) is 0 Å². The van der Waals surface area contributed by atoms with Crippen LogP contribution in [0.2, 0.25) is 0 Å². The average molecular weight is 399 g/mol. The number of aromatic nitrogens is 1. The summed E-state index contributed by atoms with van der Waals surface area (Å²) in [6, 6.07) is 5.31. The fourth-order valence-electron chi connectivity index (χ4n) is 2.73. The largest absolute Gasteiger partial charge is 0.417 e. The number of nitrogens with zero attached hydrogens (tertiary/aromatic N) is 3. The van der Waals surface area contributed by atoms with Crippen LogP contribution in [0, 0.1) is 6.92 Å². The summed E-state index contributed by atoms with van der Waals surface area (Å²) in [6.07, 6.45) is -4.47. The molecule has 0 aliphatic carbocycles. The molecule has 8 heteroatoms. The Morgan fingerprint density at radius 2 is 1.78 bits per heavy atom. The maximum absolute atomic E-state index is 13.3. The van der Waals surface area contributed by atoms with E-state index in [-0.39, 0.29) is 16.5 Å². The minimum atomic E-state index is -4.47. The van der Waals surface area contributed by atoms with Gasteiger partial charge >= 0.3 is 6.18 Å². The quantitative estimate of drug-likeness (QED) is 0.685. The molecule has 0 aliphatic rings. The zero-order valence-electron chi connectivity index (χ0n) is 15.9. The van der Waals surface area contributed by atoms with E-state index in [0.717, 1.165) is 37.0 Å². The minimum absolute atomic E-state index is 0.00273. The van der Waals surface area contributed by atoms with Crippen LogP contribution in [0.25, 0.3) is 10.6 Å². The van der Waals surface area contributed by atoms with Crippen LogP contribution in [-0.2, 0) is 6.18 Å². The number of alkyl halides is 3. The van der Waals surface area contributed by atoms with E-state index in [1.54, 1.807) is 24.9 Å². The predicted molar refractivity (Wildman–Crippen MR) is 102 cm³/mol. The molecule has 1 amide bonds. The Bertz CT molecular complexity index is 785. The summed E-state index contributed by atoms with van der Waals surface area (Å²) in [7, 11) is 1.70. The summed E-state index contributed by atoms with van der Waals surface area (Å²) >= 11 is 1.01. The number of aryl methyl sites for hydroxylation is 1. The zero-order chi connectivity index (χ0) is 20.2. The molecule has 2 rings (SSSR count). The van der Waals surface area contributed by atoms with E-state index in [4.69, 9.17) is 0 Å². The van der Waals surface area contributed by atoms with Crippen LogP contribution < -0.4 is 0 Å². The molecule has 27 heavy (non-hydrogen) atoms. The first-order chi connectivity index (χ1) is 12.7. The third kappa shape index (κ3) is 5.07. The monoisotopic (exact) mass is 399 g/mol. The minimum Gasteiger partial charge on any atom is -0.340 e. The molecule has 0 N–H and O–H groups in total. The van der Waals surface area contributed by atoms with Gasteiger partial charge in [-0.2, -0.15) is 13.2 Å². The molecule has 1 aromatic heterocycles. The molecule has 1 heterocycles. The molecule has 0 radical (unpaired) electrons. The Hall–Kier alpha value is -1.93. The van der Waals surface area contributed by atoms with Gasteiger partial charge < -0.3 is 9.80 Å². The van der Waals surface area contributed by atoms with Crippen molar-refractivity contribution in [2.75, 3.05) is 33.2 Å².